The first-order valence-corrected chi connectivity index (χ1v) is 10.8. The van der Waals surface area contributed by atoms with Gasteiger partial charge in [-0.3, -0.25) is 9.36 Å². The summed E-state index contributed by atoms with van der Waals surface area (Å²) in [4.78, 5) is 19.9. The Kier molecular flexibility index (Phi) is 5.05. The number of ether oxygens (including phenoxy) is 1. The molecule has 0 spiro atoms. The number of benzene rings is 1. The minimum atomic E-state index is 0.0940. The zero-order valence-electron chi connectivity index (χ0n) is 15.1. The Morgan fingerprint density at radius 1 is 1.31 bits per heavy atom. The maximum atomic E-state index is 12.9. The summed E-state index contributed by atoms with van der Waals surface area (Å²) in [6, 6.07) is 8.04. The summed E-state index contributed by atoms with van der Waals surface area (Å²) in [5, 5.41) is 1.63. The van der Waals surface area contributed by atoms with Crippen molar-refractivity contribution in [2.45, 2.75) is 37.8 Å². The van der Waals surface area contributed by atoms with Crippen LogP contribution in [0.25, 0.3) is 10.2 Å². The van der Waals surface area contributed by atoms with Gasteiger partial charge in [-0.2, -0.15) is 0 Å². The van der Waals surface area contributed by atoms with Gasteiger partial charge in [0.1, 0.15) is 10.6 Å². The summed E-state index contributed by atoms with van der Waals surface area (Å²) in [7, 11) is 1.82. The van der Waals surface area contributed by atoms with E-state index in [0.29, 0.717) is 6.61 Å². The number of thioether (sulfide) groups is 1. The molecule has 3 aromatic rings. The quantitative estimate of drug-likeness (QED) is 0.371. The summed E-state index contributed by atoms with van der Waals surface area (Å²) in [5.41, 5.74) is 2.53. The van der Waals surface area contributed by atoms with Crippen molar-refractivity contribution in [3.8, 4) is 5.75 Å². The molecule has 6 heteroatoms. The van der Waals surface area contributed by atoms with Crippen molar-refractivity contribution in [1.82, 2.24) is 9.55 Å². The van der Waals surface area contributed by atoms with Gasteiger partial charge in [-0.25, -0.2) is 4.98 Å². The second-order valence-electron chi connectivity index (χ2n) is 6.66. The van der Waals surface area contributed by atoms with E-state index in [1.54, 1.807) is 27.7 Å². The van der Waals surface area contributed by atoms with Crippen molar-refractivity contribution >= 4 is 33.3 Å². The highest BCUT2D eigenvalue weighted by atomic mass is 32.2. The fourth-order valence-electron chi connectivity index (χ4n) is 3.39. The van der Waals surface area contributed by atoms with Crippen LogP contribution in [0.4, 0.5) is 0 Å². The average Bonchev–Trinajstić information content (AvgIpc) is 3.01. The predicted octanol–water partition coefficient (Wildman–Crippen LogP) is 4.35. The van der Waals surface area contributed by atoms with Gasteiger partial charge in [-0.05, 0) is 55.9 Å². The first-order chi connectivity index (χ1) is 12.6. The summed E-state index contributed by atoms with van der Waals surface area (Å²) in [5.74, 6) is 1.64. The molecule has 0 radical (unpaired) electrons. The Morgan fingerprint density at radius 2 is 2.15 bits per heavy atom. The second-order valence-corrected chi connectivity index (χ2v) is 8.81. The lowest BCUT2D eigenvalue weighted by Crippen LogP contribution is -2.21. The predicted molar refractivity (Wildman–Crippen MR) is 109 cm³/mol. The molecule has 0 aliphatic heterocycles. The van der Waals surface area contributed by atoms with Crippen LogP contribution in [0.3, 0.4) is 0 Å². The molecule has 0 amide bonds. The standard InChI is InChI=1S/C20H22N2O2S2/c1-13-6-5-7-14(12-13)24-10-11-25-20-21-18-17(19(23)22(20)2)15-8-3-4-9-16(15)26-18/h5-7,12H,3-4,8-11H2,1-2H3. The Balaban J connectivity index is 1.50. The van der Waals surface area contributed by atoms with Crippen LogP contribution in [0.2, 0.25) is 0 Å². The van der Waals surface area contributed by atoms with Crippen LogP contribution in [0.1, 0.15) is 28.8 Å². The number of aryl methyl sites for hydroxylation is 3. The first-order valence-electron chi connectivity index (χ1n) is 8.97. The molecule has 1 aliphatic carbocycles. The zero-order chi connectivity index (χ0) is 18.1. The second kappa shape index (κ2) is 7.45. The third kappa shape index (κ3) is 3.40. The van der Waals surface area contributed by atoms with Gasteiger partial charge in [0.2, 0.25) is 0 Å². The molecule has 0 atom stereocenters. The van der Waals surface area contributed by atoms with Crippen molar-refractivity contribution in [3.63, 3.8) is 0 Å². The smallest absolute Gasteiger partial charge is 0.262 e. The van der Waals surface area contributed by atoms with Gasteiger partial charge in [-0.1, -0.05) is 23.9 Å². The molecule has 0 saturated carbocycles. The highest BCUT2D eigenvalue weighted by Crippen LogP contribution is 2.34. The minimum Gasteiger partial charge on any atom is -0.493 e. The van der Waals surface area contributed by atoms with Crippen LogP contribution in [0.5, 0.6) is 5.75 Å². The van der Waals surface area contributed by atoms with E-state index in [9.17, 15) is 4.79 Å². The van der Waals surface area contributed by atoms with Gasteiger partial charge in [-0.15, -0.1) is 11.3 Å². The molecule has 2 heterocycles. The first kappa shape index (κ1) is 17.6. The van der Waals surface area contributed by atoms with E-state index in [0.717, 1.165) is 39.7 Å². The molecule has 1 aliphatic rings. The van der Waals surface area contributed by atoms with E-state index in [2.05, 4.69) is 13.0 Å². The summed E-state index contributed by atoms with van der Waals surface area (Å²) in [6.07, 6.45) is 4.50. The fourth-order valence-corrected chi connectivity index (χ4v) is 5.49. The molecule has 2 aromatic heterocycles. The topological polar surface area (TPSA) is 44.1 Å². The van der Waals surface area contributed by atoms with Gasteiger partial charge < -0.3 is 4.74 Å². The molecule has 0 bridgehead atoms. The van der Waals surface area contributed by atoms with E-state index >= 15 is 0 Å². The van der Waals surface area contributed by atoms with Crippen LogP contribution < -0.4 is 10.3 Å². The highest BCUT2D eigenvalue weighted by Gasteiger charge is 2.21. The SMILES string of the molecule is Cc1cccc(OCCSc2nc3sc4c(c3c(=O)n2C)CCCC4)c1. The summed E-state index contributed by atoms with van der Waals surface area (Å²) in [6.45, 7) is 2.64. The Morgan fingerprint density at radius 3 is 3.00 bits per heavy atom. The molecule has 0 fully saturated rings. The Hall–Kier alpha value is -1.79. The Bertz CT molecular complexity index is 1010. The van der Waals surface area contributed by atoms with E-state index < -0.39 is 0 Å². The third-order valence-corrected chi connectivity index (χ3v) is 6.91. The maximum Gasteiger partial charge on any atom is 0.262 e. The van der Waals surface area contributed by atoms with Crippen LogP contribution in [-0.2, 0) is 19.9 Å². The number of fused-ring (bicyclic) bond motifs is 3. The molecule has 0 unspecified atom stereocenters. The van der Waals surface area contributed by atoms with Crippen LogP contribution in [0.15, 0.2) is 34.2 Å². The number of nitrogens with zero attached hydrogens (tertiary/aromatic N) is 2. The van der Waals surface area contributed by atoms with Gasteiger partial charge in [0.15, 0.2) is 5.16 Å². The molecule has 136 valence electrons. The Labute approximate surface area is 161 Å². The monoisotopic (exact) mass is 386 g/mol. The molecule has 0 saturated heterocycles. The van der Waals surface area contributed by atoms with Gasteiger partial charge in [0.05, 0.1) is 12.0 Å². The average molecular weight is 387 g/mol. The third-order valence-electron chi connectivity index (χ3n) is 4.73. The van der Waals surface area contributed by atoms with Crippen molar-refractivity contribution in [2.75, 3.05) is 12.4 Å². The molecule has 4 nitrogen and oxygen atoms in total. The lowest BCUT2D eigenvalue weighted by atomic mass is 9.97. The highest BCUT2D eigenvalue weighted by molar-refractivity contribution is 7.99. The van der Waals surface area contributed by atoms with E-state index in [1.165, 1.54) is 28.8 Å². The lowest BCUT2D eigenvalue weighted by molar-refractivity contribution is 0.343. The van der Waals surface area contributed by atoms with Gasteiger partial charge in [0, 0.05) is 17.7 Å². The van der Waals surface area contributed by atoms with Crippen molar-refractivity contribution < 1.29 is 4.74 Å². The number of thiophene rings is 1. The van der Waals surface area contributed by atoms with Crippen LogP contribution in [-0.4, -0.2) is 21.9 Å². The minimum absolute atomic E-state index is 0.0940. The van der Waals surface area contributed by atoms with Gasteiger partial charge in [0.25, 0.3) is 5.56 Å². The molecule has 1 aromatic carbocycles. The number of aromatic nitrogens is 2. The van der Waals surface area contributed by atoms with Crippen LogP contribution in [0, 0.1) is 6.92 Å². The van der Waals surface area contributed by atoms with E-state index in [4.69, 9.17) is 9.72 Å². The normalized spacial score (nSPS) is 13.8. The van der Waals surface area contributed by atoms with Crippen LogP contribution >= 0.6 is 23.1 Å². The number of rotatable bonds is 5. The van der Waals surface area contributed by atoms with Crippen molar-refractivity contribution in [3.05, 3.63) is 50.6 Å². The molecular weight excluding hydrogens is 364 g/mol. The largest absolute Gasteiger partial charge is 0.493 e. The molecule has 0 N–H and O–H groups in total. The van der Waals surface area contributed by atoms with Crippen molar-refractivity contribution in [2.24, 2.45) is 7.05 Å². The molecular formula is C20H22N2O2S2. The maximum absolute atomic E-state index is 12.9. The van der Waals surface area contributed by atoms with E-state index in [-0.39, 0.29) is 5.56 Å². The molecule has 26 heavy (non-hydrogen) atoms. The fraction of sp³-hybridized carbons (Fsp3) is 0.400. The molecule has 4 rings (SSSR count). The lowest BCUT2D eigenvalue weighted by Gasteiger charge is -2.11. The summed E-state index contributed by atoms with van der Waals surface area (Å²) < 4.78 is 7.49. The zero-order valence-corrected chi connectivity index (χ0v) is 16.7. The van der Waals surface area contributed by atoms with Gasteiger partial charge >= 0.3 is 0 Å². The number of hydrogen-bond acceptors (Lipinski definition) is 5. The van der Waals surface area contributed by atoms with E-state index in [1.807, 2.05) is 25.2 Å². The number of hydrogen-bond donors (Lipinski definition) is 0. The summed E-state index contributed by atoms with van der Waals surface area (Å²) >= 11 is 3.28. The van der Waals surface area contributed by atoms with Crippen molar-refractivity contribution in [1.29, 1.82) is 0 Å².